The predicted molar refractivity (Wildman–Crippen MR) is 187 cm³/mol. The number of hydrogen-bond donors (Lipinski definition) is 4. The summed E-state index contributed by atoms with van der Waals surface area (Å²) >= 11 is 0. The van der Waals surface area contributed by atoms with Gasteiger partial charge in [-0.2, -0.15) is 0 Å². The Labute approximate surface area is 296 Å². The average molecular weight is 703 g/mol. The van der Waals surface area contributed by atoms with Gasteiger partial charge in [-0.05, 0) is 41.7 Å². The predicted octanol–water partition coefficient (Wildman–Crippen LogP) is 5.42. The molecule has 0 saturated carbocycles. The molecule has 0 unspecified atom stereocenters. The van der Waals surface area contributed by atoms with Gasteiger partial charge in [0.1, 0.15) is 18.8 Å². The SMILES string of the molecule is CC(C)[C@H](NC(=O)N(C)Cc1ccccn1)C(=O)N[C@@H](Cc1ccccc1)[C@H](O)C(F)(F)C[C@H](NC(=O)OCc1cccnc1)c1ccccc1. The zero-order chi connectivity index (χ0) is 36.8. The van der Waals surface area contributed by atoms with E-state index in [2.05, 4.69) is 25.9 Å². The maximum Gasteiger partial charge on any atom is 0.407 e. The van der Waals surface area contributed by atoms with E-state index in [1.807, 2.05) is 0 Å². The number of aromatic nitrogens is 2. The molecule has 0 spiro atoms. The fourth-order valence-electron chi connectivity index (χ4n) is 5.41. The summed E-state index contributed by atoms with van der Waals surface area (Å²) in [6.45, 7) is 3.47. The summed E-state index contributed by atoms with van der Waals surface area (Å²) in [5, 5.41) is 19.2. The molecule has 0 fully saturated rings. The molecule has 2 heterocycles. The number of carbonyl (C=O) groups is 3. The summed E-state index contributed by atoms with van der Waals surface area (Å²) < 4.78 is 37.8. The van der Waals surface area contributed by atoms with Gasteiger partial charge in [0, 0.05) is 37.6 Å². The zero-order valence-electron chi connectivity index (χ0n) is 28.8. The monoisotopic (exact) mass is 702 g/mol. The third-order valence-electron chi connectivity index (χ3n) is 8.20. The number of aliphatic hydroxyl groups excluding tert-OH is 1. The lowest BCUT2D eigenvalue weighted by molar-refractivity contribution is -0.140. The number of urea groups is 1. The van der Waals surface area contributed by atoms with Crippen LogP contribution in [0.15, 0.2) is 110 Å². The Morgan fingerprint density at radius 1 is 0.863 bits per heavy atom. The van der Waals surface area contributed by atoms with Crippen LogP contribution in [-0.4, -0.2) is 69.2 Å². The molecular formula is C38H44F2N6O5. The number of aliphatic hydroxyl groups is 1. The highest BCUT2D eigenvalue weighted by molar-refractivity contribution is 5.87. The number of alkyl carbamates (subject to hydrolysis) is 1. The minimum absolute atomic E-state index is 0.127. The molecule has 0 aliphatic carbocycles. The lowest BCUT2D eigenvalue weighted by Crippen LogP contribution is -2.59. The number of amides is 4. The summed E-state index contributed by atoms with van der Waals surface area (Å²) in [6.07, 6.45) is 0.212. The summed E-state index contributed by atoms with van der Waals surface area (Å²) in [5.41, 5.74) is 2.21. The summed E-state index contributed by atoms with van der Waals surface area (Å²) in [7, 11) is 1.55. The third-order valence-corrected chi connectivity index (χ3v) is 8.20. The first-order valence-electron chi connectivity index (χ1n) is 16.6. The van der Waals surface area contributed by atoms with Gasteiger partial charge in [-0.15, -0.1) is 0 Å². The smallest absolute Gasteiger partial charge is 0.407 e. The van der Waals surface area contributed by atoms with E-state index in [1.165, 1.54) is 11.1 Å². The van der Waals surface area contributed by atoms with Crippen molar-refractivity contribution in [3.8, 4) is 0 Å². The highest BCUT2D eigenvalue weighted by Gasteiger charge is 2.46. The number of alkyl halides is 2. The summed E-state index contributed by atoms with van der Waals surface area (Å²) in [5.74, 6) is -5.00. The van der Waals surface area contributed by atoms with E-state index in [1.54, 1.807) is 124 Å². The number of nitrogens with one attached hydrogen (secondary N) is 3. The van der Waals surface area contributed by atoms with Crippen molar-refractivity contribution in [2.75, 3.05) is 7.05 Å². The van der Waals surface area contributed by atoms with Gasteiger partial charge in [0.15, 0.2) is 0 Å². The number of ether oxygens (including phenoxy) is 1. The van der Waals surface area contributed by atoms with Crippen molar-refractivity contribution in [2.45, 2.75) is 70.0 Å². The number of hydrogen-bond acceptors (Lipinski definition) is 7. The highest BCUT2D eigenvalue weighted by atomic mass is 19.3. The van der Waals surface area contributed by atoms with E-state index in [-0.39, 0.29) is 19.6 Å². The molecule has 0 bridgehead atoms. The number of nitrogens with zero attached hydrogens (tertiary/aromatic N) is 3. The van der Waals surface area contributed by atoms with Crippen molar-refractivity contribution >= 4 is 18.0 Å². The Morgan fingerprint density at radius 2 is 1.53 bits per heavy atom. The number of rotatable bonds is 16. The van der Waals surface area contributed by atoms with E-state index in [0.717, 1.165) is 0 Å². The molecule has 13 heteroatoms. The molecule has 2 aromatic heterocycles. The Balaban J connectivity index is 1.51. The first-order chi connectivity index (χ1) is 24.4. The molecule has 270 valence electrons. The molecule has 0 radical (unpaired) electrons. The molecule has 4 amide bonds. The van der Waals surface area contributed by atoms with Crippen molar-refractivity contribution in [1.82, 2.24) is 30.8 Å². The molecule has 0 aliphatic heterocycles. The molecule has 4 N–H and O–H groups in total. The quantitative estimate of drug-likeness (QED) is 0.122. The van der Waals surface area contributed by atoms with Gasteiger partial charge in [0.25, 0.3) is 5.92 Å². The average Bonchev–Trinajstić information content (AvgIpc) is 3.13. The zero-order valence-corrected chi connectivity index (χ0v) is 28.8. The minimum atomic E-state index is -3.83. The van der Waals surface area contributed by atoms with Crippen molar-refractivity contribution in [3.05, 3.63) is 132 Å². The summed E-state index contributed by atoms with van der Waals surface area (Å²) in [4.78, 5) is 49.2. The van der Waals surface area contributed by atoms with Gasteiger partial charge in [-0.25, -0.2) is 18.4 Å². The Hall–Kier alpha value is -5.43. The van der Waals surface area contributed by atoms with Crippen LogP contribution in [0.1, 0.15) is 48.7 Å². The highest BCUT2D eigenvalue weighted by Crippen LogP contribution is 2.33. The van der Waals surface area contributed by atoms with E-state index in [0.29, 0.717) is 22.4 Å². The molecule has 4 aromatic rings. The lowest BCUT2D eigenvalue weighted by Gasteiger charge is -2.34. The first-order valence-corrected chi connectivity index (χ1v) is 16.6. The third kappa shape index (κ3) is 11.8. The molecule has 11 nitrogen and oxygen atoms in total. The fourth-order valence-corrected chi connectivity index (χ4v) is 5.41. The van der Waals surface area contributed by atoms with E-state index in [9.17, 15) is 19.5 Å². The van der Waals surface area contributed by atoms with E-state index >= 15 is 8.78 Å². The van der Waals surface area contributed by atoms with Crippen LogP contribution < -0.4 is 16.0 Å². The van der Waals surface area contributed by atoms with E-state index in [4.69, 9.17) is 4.74 Å². The van der Waals surface area contributed by atoms with Crippen LogP contribution in [-0.2, 0) is 29.1 Å². The maximum absolute atomic E-state index is 16.3. The molecule has 0 aliphatic rings. The molecular weight excluding hydrogens is 658 g/mol. The van der Waals surface area contributed by atoms with Gasteiger partial charge >= 0.3 is 12.1 Å². The van der Waals surface area contributed by atoms with Gasteiger partial charge in [0.2, 0.25) is 5.91 Å². The van der Waals surface area contributed by atoms with Crippen LogP contribution in [0, 0.1) is 5.92 Å². The fraction of sp³-hybridized carbons (Fsp3) is 0.342. The Morgan fingerprint density at radius 3 is 2.16 bits per heavy atom. The minimum Gasteiger partial charge on any atom is -0.445 e. The van der Waals surface area contributed by atoms with Gasteiger partial charge in [-0.3, -0.25) is 14.8 Å². The number of pyridine rings is 2. The summed E-state index contributed by atoms with van der Waals surface area (Å²) in [6, 6.07) is 21.0. The van der Waals surface area contributed by atoms with Crippen LogP contribution in [0.25, 0.3) is 0 Å². The molecule has 0 saturated heterocycles. The van der Waals surface area contributed by atoms with Crippen molar-refractivity contribution in [2.24, 2.45) is 5.92 Å². The van der Waals surface area contributed by atoms with Gasteiger partial charge in [-0.1, -0.05) is 86.6 Å². The van der Waals surface area contributed by atoms with Crippen LogP contribution >= 0.6 is 0 Å². The largest absolute Gasteiger partial charge is 0.445 e. The van der Waals surface area contributed by atoms with Crippen molar-refractivity contribution in [3.63, 3.8) is 0 Å². The molecule has 2 aromatic carbocycles. The van der Waals surface area contributed by atoms with Crippen LogP contribution in [0.4, 0.5) is 18.4 Å². The van der Waals surface area contributed by atoms with Crippen molar-refractivity contribution < 1.29 is 33.0 Å². The number of carbonyl (C=O) groups excluding carboxylic acids is 3. The standard InChI is InChI=1S/C38H44F2N6O5/c1-26(2)33(45-36(49)46(3)24-30-18-10-11-20-42-30)35(48)43-31(21-27-13-6-4-7-14-27)34(47)38(39,40)22-32(29-16-8-5-9-17-29)44-37(50)51-25-28-15-12-19-41-23-28/h4-20,23,26,31-34,47H,21-22,24-25H2,1-3H3,(H,43,48)(H,44,50)(H,45,49)/t31-,32-,33-,34-/m0/s1. The van der Waals surface area contributed by atoms with Crippen LogP contribution in [0.2, 0.25) is 0 Å². The van der Waals surface area contributed by atoms with Crippen LogP contribution in [0.5, 0.6) is 0 Å². The topological polar surface area (TPSA) is 146 Å². The van der Waals surface area contributed by atoms with Gasteiger partial charge in [0.05, 0.1) is 24.3 Å². The molecule has 51 heavy (non-hydrogen) atoms. The van der Waals surface area contributed by atoms with E-state index < -0.39 is 60.5 Å². The second kappa shape index (κ2) is 18.5. The lowest BCUT2D eigenvalue weighted by atomic mass is 9.91. The maximum atomic E-state index is 16.3. The second-order valence-electron chi connectivity index (χ2n) is 12.6. The van der Waals surface area contributed by atoms with Crippen molar-refractivity contribution in [1.29, 1.82) is 0 Å². The number of halogens is 2. The van der Waals surface area contributed by atoms with Crippen LogP contribution in [0.3, 0.4) is 0 Å². The Bertz CT molecular complexity index is 1670. The molecule has 4 atom stereocenters. The van der Waals surface area contributed by atoms with Gasteiger partial charge < -0.3 is 30.7 Å². The number of benzene rings is 2. The Kier molecular flexibility index (Phi) is 13.9. The first kappa shape index (κ1) is 38.4. The normalized spacial score (nSPS) is 13.7. The molecule has 4 rings (SSSR count). The second-order valence-corrected chi connectivity index (χ2v) is 12.6.